The molecule has 3 nitrogen and oxygen atoms in total. The van der Waals surface area contributed by atoms with Crippen LogP contribution in [-0.2, 0) is 0 Å². The Morgan fingerprint density at radius 3 is 2.45 bits per heavy atom. The summed E-state index contributed by atoms with van der Waals surface area (Å²) in [6.45, 7) is 0. The number of aromatic amines is 1. The highest BCUT2D eigenvalue weighted by molar-refractivity contribution is 6.16. The van der Waals surface area contributed by atoms with Gasteiger partial charge in [-0.3, -0.25) is 0 Å². The van der Waals surface area contributed by atoms with Crippen molar-refractivity contribution in [1.29, 1.82) is 0 Å². The van der Waals surface area contributed by atoms with Gasteiger partial charge in [-0.25, -0.2) is 4.68 Å². The molecule has 3 aromatic carbocycles. The van der Waals surface area contributed by atoms with Gasteiger partial charge in [0.2, 0.25) is 0 Å². The molecule has 0 amide bonds. The molecule has 0 aliphatic heterocycles. The number of rotatable bonds is 1. The van der Waals surface area contributed by atoms with Gasteiger partial charge in [0.15, 0.2) is 0 Å². The second-order valence-electron chi connectivity index (χ2n) is 5.48. The molecule has 0 bridgehead atoms. The maximum Gasteiger partial charge on any atom is 0.0762 e. The fourth-order valence-electron chi connectivity index (χ4n) is 3.20. The number of H-pyrrole nitrogens is 1. The second-order valence-corrected chi connectivity index (χ2v) is 5.48. The molecule has 0 atom stereocenters. The fourth-order valence-corrected chi connectivity index (χ4v) is 3.20. The van der Waals surface area contributed by atoms with Crippen LogP contribution in [0.1, 0.15) is 0 Å². The zero-order valence-electron chi connectivity index (χ0n) is 11.8. The molecule has 2 heterocycles. The molecule has 2 aromatic heterocycles. The number of nitrogens with one attached hydrogen (secondary N) is 1. The van der Waals surface area contributed by atoms with E-state index in [4.69, 9.17) is 0 Å². The summed E-state index contributed by atoms with van der Waals surface area (Å²) >= 11 is 0. The fraction of sp³-hybridized carbons (Fsp3) is 0. The molecular formula is C19H13N3. The van der Waals surface area contributed by atoms with E-state index >= 15 is 0 Å². The van der Waals surface area contributed by atoms with Crippen LogP contribution in [0, 0.1) is 0 Å². The second kappa shape index (κ2) is 4.21. The van der Waals surface area contributed by atoms with Crippen LogP contribution < -0.4 is 0 Å². The minimum absolute atomic E-state index is 1.08. The lowest BCUT2D eigenvalue weighted by atomic mass is 10.1. The van der Waals surface area contributed by atoms with Crippen molar-refractivity contribution in [2.24, 2.45) is 0 Å². The standard InChI is InChI=1S/C19H13N3/c1-2-6-13(7-3-1)22-18-11-10-15-14-8-4-5-9-17(14)21-19(15)16(18)12-20-22/h1-12,21H. The molecular weight excluding hydrogens is 270 g/mol. The van der Waals surface area contributed by atoms with Crippen LogP contribution in [0.4, 0.5) is 0 Å². The Morgan fingerprint density at radius 2 is 1.55 bits per heavy atom. The van der Waals surface area contributed by atoms with Crippen LogP contribution in [0.3, 0.4) is 0 Å². The van der Waals surface area contributed by atoms with E-state index in [2.05, 4.69) is 58.6 Å². The Kier molecular flexibility index (Phi) is 2.22. The molecule has 104 valence electrons. The largest absolute Gasteiger partial charge is 0.354 e. The molecule has 0 spiro atoms. The third-order valence-corrected chi connectivity index (χ3v) is 4.23. The van der Waals surface area contributed by atoms with Gasteiger partial charge in [0, 0.05) is 21.7 Å². The van der Waals surface area contributed by atoms with Crippen molar-refractivity contribution in [3.63, 3.8) is 0 Å². The van der Waals surface area contributed by atoms with E-state index < -0.39 is 0 Å². The van der Waals surface area contributed by atoms with Gasteiger partial charge in [0.1, 0.15) is 0 Å². The van der Waals surface area contributed by atoms with Crippen molar-refractivity contribution < 1.29 is 0 Å². The van der Waals surface area contributed by atoms with Gasteiger partial charge in [0.05, 0.1) is 22.9 Å². The Bertz CT molecular complexity index is 1120. The van der Waals surface area contributed by atoms with Crippen LogP contribution in [0.5, 0.6) is 0 Å². The van der Waals surface area contributed by atoms with Gasteiger partial charge in [-0.2, -0.15) is 5.10 Å². The summed E-state index contributed by atoms with van der Waals surface area (Å²) < 4.78 is 1.99. The van der Waals surface area contributed by atoms with Gasteiger partial charge in [-0.15, -0.1) is 0 Å². The molecule has 3 heteroatoms. The zero-order valence-corrected chi connectivity index (χ0v) is 11.8. The molecule has 22 heavy (non-hydrogen) atoms. The summed E-state index contributed by atoms with van der Waals surface area (Å²) in [5.74, 6) is 0. The first kappa shape index (κ1) is 11.6. The van der Waals surface area contributed by atoms with E-state index in [-0.39, 0.29) is 0 Å². The van der Waals surface area contributed by atoms with E-state index in [1.165, 1.54) is 10.8 Å². The number of nitrogens with zero attached hydrogens (tertiary/aromatic N) is 2. The van der Waals surface area contributed by atoms with E-state index in [0.717, 1.165) is 27.6 Å². The predicted molar refractivity (Wildman–Crippen MR) is 90.4 cm³/mol. The lowest BCUT2D eigenvalue weighted by Crippen LogP contribution is -1.94. The Balaban J connectivity index is 1.89. The van der Waals surface area contributed by atoms with Crippen molar-refractivity contribution in [3.05, 3.63) is 72.9 Å². The molecule has 0 aliphatic carbocycles. The maximum atomic E-state index is 4.58. The molecule has 0 fully saturated rings. The van der Waals surface area contributed by atoms with Crippen molar-refractivity contribution in [1.82, 2.24) is 14.8 Å². The topological polar surface area (TPSA) is 33.6 Å². The summed E-state index contributed by atoms with van der Waals surface area (Å²) in [6.07, 6.45) is 1.94. The minimum atomic E-state index is 1.08. The quantitative estimate of drug-likeness (QED) is 0.477. The Labute approximate surface area is 126 Å². The smallest absolute Gasteiger partial charge is 0.0762 e. The van der Waals surface area contributed by atoms with Crippen molar-refractivity contribution in [2.45, 2.75) is 0 Å². The number of benzene rings is 3. The highest BCUT2D eigenvalue weighted by Gasteiger charge is 2.11. The zero-order chi connectivity index (χ0) is 14.5. The normalized spacial score (nSPS) is 11.6. The maximum absolute atomic E-state index is 4.58. The first-order chi connectivity index (χ1) is 10.9. The SMILES string of the molecule is c1ccc(-n2ncc3c4[nH]c5ccccc5c4ccc32)cc1. The molecule has 5 rings (SSSR count). The van der Waals surface area contributed by atoms with Crippen LogP contribution in [0.2, 0.25) is 0 Å². The van der Waals surface area contributed by atoms with Crippen LogP contribution in [0.15, 0.2) is 72.9 Å². The van der Waals surface area contributed by atoms with E-state index in [1.54, 1.807) is 0 Å². The molecule has 0 unspecified atom stereocenters. The summed E-state index contributed by atoms with van der Waals surface area (Å²) in [7, 11) is 0. The van der Waals surface area contributed by atoms with Crippen LogP contribution >= 0.6 is 0 Å². The van der Waals surface area contributed by atoms with Gasteiger partial charge < -0.3 is 4.98 Å². The highest BCUT2D eigenvalue weighted by Crippen LogP contribution is 2.31. The minimum Gasteiger partial charge on any atom is -0.354 e. The van der Waals surface area contributed by atoms with E-state index in [1.807, 2.05) is 29.1 Å². The number of hydrogen-bond donors (Lipinski definition) is 1. The third kappa shape index (κ3) is 1.48. The van der Waals surface area contributed by atoms with E-state index in [0.29, 0.717) is 0 Å². The van der Waals surface area contributed by atoms with Crippen LogP contribution in [-0.4, -0.2) is 14.8 Å². The number of fused-ring (bicyclic) bond motifs is 5. The van der Waals surface area contributed by atoms with Crippen molar-refractivity contribution in [3.8, 4) is 5.69 Å². The molecule has 1 N–H and O–H groups in total. The first-order valence-corrected chi connectivity index (χ1v) is 7.34. The lowest BCUT2D eigenvalue weighted by Gasteiger charge is -2.03. The lowest BCUT2D eigenvalue weighted by molar-refractivity contribution is 0.911. The first-order valence-electron chi connectivity index (χ1n) is 7.34. The molecule has 0 radical (unpaired) electrons. The Hall–Kier alpha value is -3.07. The van der Waals surface area contributed by atoms with E-state index in [9.17, 15) is 0 Å². The van der Waals surface area contributed by atoms with Crippen molar-refractivity contribution >= 4 is 32.7 Å². The average Bonchev–Trinajstić information content (AvgIpc) is 3.16. The predicted octanol–water partition coefficient (Wildman–Crippen LogP) is 4.66. The van der Waals surface area contributed by atoms with Gasteiger partial charge in [-0.05, 0) is 24.3 Å². The number of para-hydroxylation sites is 2. The molecule has 0 saturated carbocycles. The highest BCUT2D eigenvalue weighted by atomic mass is 15.3. The summed E-state index contributed by atoms with van der Waals surface area (Å²) in [6, 6.07) is 23.0. The number of aromatic nitrogens is 3. The van der Waals surface area contributed by atoms with Gasteiger partial charge in [-0.1, -0.05) is 42.5 Å². The third-order valence-electron chi connectivity index (χ3n) is 4.23. The summed E-state index contributed by atoms with van der Waals surface area (Å²) in [5.41, 5.74) is 4.51. The van der Waals surface area contributed by atoms with Gasteiger partial charge >= 0.3 is 0 Å². The van der Waals surface area contributed by atoms with Gasteiger partial charge in [0.25, 0.3) is 0 Å². The number of hydrogen-bond acceptors (Lipinski definition) is 1. The molecule has 5 aromatic rings. The monoisotopic (exact) mass is 283 g/mol. The molecule has 0 aliphatic rings. The summed E-state index contributed by atoms with van der Waals surface area (Å²) in [4.78, 5) is 3.53. The molecule has 0 saturated heterocycles. The van der Waals surface area contributed by atoms with Crippen molar-refractivity contribution in [2.75, 3.05) is 0 Å². The Morgan fingerprint density at radius 1 is 0.727 bits per heavy atom. The average molecular weight is 283 g/mol. The van der Waals surface area contributed by atoms with Crippen LogP contribution in [0.25, 0.3) is 38.4 Å². The summed E-state index contributed by atoms with van der Waals surface area (Å²) in [5, 5.41) is 8.24.